The van der Waals surface area contributed by atoms with Crippen LogP contribution in [-0.2, 0) is 12.2 Å². The van der Waals surface area contributed by atoms with Crippen LogP contribution in [0.2, 0.25) is 0 Å². The van der Waals surface area contributed by atoms with Gasteiger partial charge in [0.15, 0.2) is 5.01 Å². The number of hydrogen-bond acceptors (Lipinski definition) is 6. The van der Waals surface area contributed by atoms with Crippen molar-refractivity contribution in [1.29, 1.82) is 0 Å². The average molecular weight is 255 g/mol. The van der Waals surface area contributed by atoms with Gasteiger partial charge in [-0.25, -0.2) is 0 Å². The van der Waals surface area contributed by atoms with Crippen molar-refractivity contribution in [3.8, 4) is 9.88 Å². The summed E-state index contributed by atoms with van der Waals surface area (Å²) in [5.41, 5.74) is 7.06. The number of thioether (sulfide) groups is 1. The fourth-order valence-corrected chi connectivity index (χ4v) is 4.61. The van der Waals surface area contributed by atoms with Gasteiger partial charge < -0.3 is 5.73 Å². The molecular formula is C9H9N3S3. The summed E-state index contributed by atoms with van der Waals surface area (Å²) in [7, 11) is 0. The van der Waals surface area contributed by atoms with E-state index in [1.165, 1.54) is 38.8 Å². The second kappa shape index (κ2) is 3.77. The van der Waals surface area contributed by atoms with E-state index in [9.17, 15) is 0 Å². The lowest BCUT2D eigenvalue weighted by Gasteiger charge is -2.08. The molecule has 3 rings (SSSR count). The maximum Gasteiger partial charge on any atom is 0.203 e. The Morgan fingerprint density at radius 3 is 2.93 bits per heavy atom. The van der Waals surface area contributed by atoms with Crippen molar-refractivity contribution in [3.63, 3.8) is 0 Å². The summed E-state index contributed by atoms with van der Waals surface area (Å²) in [6, 6.07) is 2.24. The van der Waals surface area contributed by atoms with Gasteiger partial charge in [0.25, 0.3) is 0 Å². The van der Waals surface area contributed by atoms with E-state index in [0.29, 0.717) is 5.13 Å². The number of nitrogen functional groups attached to an aromatic ring is 1. The van der Waals surface area contributed by atoms with E-state index in [1.807, 2.05) is 23.1 Å². The monoisotopic (exact) mass is 255 g/mol. The standard InChI is InChI=1S/C9H9N3S3/c10-9-12-11-8(15-9)7-3-5-4-13-2-1-6(5)14-7/h3H,1-2,4H2,(H2,10,12). The van der Waals surface area contributed by atoms with Gasteiger partial charge in [-0.2, -0.15) is 11.8 Å². The zero-order chi connectivity index (χ0) is 10.3. The lowest BCUT2D eigenvalue weighted by atomic mass is 10.2. The summed E-state index contributed by atoms with van der Waals surface area (Å²) in [6.45, 7) is 0. The number of fused-ring (bicyclic) bond motifs is 1. The Bertz CT molecular complexity index is 465. The molecule has 6 heteroatoms. The predicted octanol–water partition coefficient (Wildman–Crippen LogP) is 2.64. The fraction of sp³-hybridized carbons (Fsp3) is 0.333. The molecule has 3 nitrogen and oxygen atoms in total. The molecule has 0 atom stereocenters. The quantitative estimate of drug-likeness (QED) is 0.851. The molecule has 2 aromatic heterocycles. The summed E-state index contributed by atoms with van der Waals surface area (Å²) in [6.07, 6.45) is 1.19. The van der Waals surface area contributed by atoms with Gasteiger partial charge in [-0.1, -0.05) is 11.3 Å². The van der Waals surface area contributed by atoms with Gasteiger partial charge >= 0.3 is 0 Å². The van der Waals surface area contributed by atoms with Crippen LogP contribution in [0.3, 0.4) is 0 Å². The topological polar surface area (TPSA) is 51.8 Å². The second-order valence-corrected chi connectivity index (χ2v) is 6.56. The number of thiophene rings is 1. The molecule has 0 fully saturated rings. The van der Waals surface area contributed by atoms with Gasteiger partial charge in [0.2, 0.25) is 5.13 Å². The first-order chi connectivity index (χ1) is 7.33. The third-order valence-electron chi connectivity index (χ3n) is 2.28. The maximum atomic E-state index is 5.58. The molecule has 1 aliphatic rings. The first-order valence-corrected chi connectivity index (χ1v) is 7.40. The smallest absolute Gasteiger partial charge is 0.203 e. The Hall–Kier alpha value is -0.590. The largest absolute Gasteiger partial charge is 0.374 e. The number of aryl methyl sites for hydroxylation is 1. The van der Waals surface area contributed by atoms with Crippen LogP contribution < -0.4 is 5.73 Å². The summed E-state index contributed by atoms with van der Waals surface area (Å²) >= 11 is 5.30. The summed E-state index contributed by atoms with van der Waals surface area (Å²) < 4.78 is 0. The number of nitrogens with two attached hydrogens (primary N) is 1. The molecular weight excluding hydrogens is 246 g/mol. The molecule has 0 aromatic carbocycles. The average Bonchev–Trinajstić information content (AvgIpc) is 2.82. The molecule has 2 N–H and O–H groups in total. The maximum absolute atomic E-state index is 5.58. The van der Waals surface area contributed by atoms with E-state index < -0.39 is 0 Å². The zero-order valence-corrected chi connectivity index (χ0v) is 10.3. The van der Waals surface area contributed by atoms with E-state index in [2.05, 4.69) is 16.3 Å². The molecule has 3 heterocycles. The summed E-state index contributed by atoms with van der Waals surface area (Å²) in [5, 5.41) is 9.43. The van der Waals surface area contributed by atoms with E-state index in [4.69, 9.17) is 5.73 Å². The van der Waals surface area contributed by atoms with Gasteiger partial charge in [-0.3, -0.25) is 0 Å². The van der Waals surface area contributed by atoms with E-state index in [-0.39, 0.29) is 0 Å². The molecule has 78 valence electrons. The van der Waals surface area contributed by atoms with E-state index >= 15 is 0 Å². The molecule has 0 radical (unpaired) electrons. The van der Waals surface area contributed by atoms with Crippen LogP contribution in [0.25, 0.3) is 9.88 Å². The highest BCUT2D eigenvalue weighted by atomic mass is 32.2. The highest BCUT2D eigenvalue weighted by Gasteiger charge is 2.16. The predicted molar refractivity (Wildman–Crippen MR) is 67.5 cm³/mol. The van der Waals surface area contributed by atoms with Gasteiger partial charge in [-0.15, -0.1) is 21.5 Å². The zero-order valence-electron chi connectivity index (χ0n) is 7.90. The SMILES string of the molecule is Nc1nnc(-c2cc3c(s2)CCSC3)s1. The van der Waals surface area contributed by atoms with Crippen molar-refractivity contribution >= 4 is 39.6 Å². The van der Waals surface area contributed by atoms with Crippen molar-refractivity contribution in [1.82, 2.24) is 10.2 Å². The van der Waals surface area contributed by atoms with Crippen LogP contribution in [0.15, 0.2) is 6.07 Å². The number of anilines is 1. The first kappa shape index (κ1) is 9.62. The fourth-order valence-electron chi connectivity index (χ4n) is 1.59. The van der Waals surface area contributed by atoms with Crippen molar-refractivity contribution in [2.24, 2.45) is 0 Å². The van der Waals surface area contributed by atoms with Crippen LogP contribution in [-0.4, -0.2) is 16.0 Å². The highest BCUT2D eigenvalue weighted by Crippen LogP contribution is 2.38. The summed E-state index contributed by atoms with van der Waals surface area (Å²) in [4.78, 5) is 2.73. The van der Waals surface area contributed by atoms with Gasteiger partial charge in [0.1, 0.15) is 0 Å². The third-order valence-corrected chi connectivity index (χ3v) is 5.45. The van der Waals surface area contributed by atoms with Crippen LogP contribution in [0.5, 0.6) is 0 Å². The van der Waals surface area contributed by atoms with Crippen LogP contribution >= 0.6 is 34.4 Å². The molecule has 0 bridgehead atoms. The normalized spacial score (nSPS) is 15.2. The minimum atomic E-state index is 0.547. The first-order valence-electron chi connectivity index (χ1n) is 4.61. The van der Waals surface area contributed by atoms with Crippen LogP contribution in [0.4, 0.5) is 5.13 Å². The number of aromatic nitrogens is 2. The molecule has 2 aromatic rings. The van der Waals surface area contributed by atoms with Gasteiger partial charge in [0, 0.05) is 10.6 Å². The van der Waals surface area contributed by atoms with Crippen LogP contribution in [0.1, 0.15) is 10.4 Å². The number of rotatable bonds is 1. The minimum Gasteiger partial charge on any atom is -0.374 e. The molecule has 0 aliphatic carbocycles. The molecule has 0 saturated heterocycles. The lowest BCUT2D eigenvalue weighted by Crippen LogP contribution is -1.96. The Kier molecular flexibility index (Phi) is 2.42. The van der Waals surface area contributed by atoms with Crippen molar-refractivity contribution in [2.45, 2.75) is 12.2 Å². The molecule has 15 heavy (non-hydrogen) atoms. The molecule has 0 spiro atoms. The second-order valence-electron chi connectivity index (χ2n) is 3.31. The molecule has 0 saturated carbocycles. The van der Waals surface area contributed by atoms with Crippen molar-refractivity contribution in [3.05, 3.63) is 16.5 Å². The Morgan fingerprint density at radius 2 is 2.20 bits per heavy atom. The van der Waals surface area contributed by atoms with E-state index in [0.717, 1.165) is 10.8 Å². The Morgan fingerprint density at radius 1 is 1.27 bits per heavy atom. The van der Waals surface area contributed by atoms with E-state index in [1.54, 1.807) is 0 Å². The lowest BCUT2D eigenvalue weighted by molar-refractivity contribution is 1.10. The molecule has 0 unspecified atom stereocenters. The Balaban J connectivity index is 2.02. The third kappa shape index (κ3) is 1.77. The van der Waals surface area contributed by atoms with Crippen molar-refractivity contribution < 1.29 is 0 Å². The number of nitrogens with zero attached hydrogens (tertiary/aromatic N) is 2. The van der Waals surface area contributed by atoms with Crippen molar-refractivity contribution in [2.75, 3.05) is 11.5 Å². The number of hydrogen-bond donors (Lipinski definition) is 1. The summed E-state index contributed by atoms with van der Waals surface area (Å²) in [5.74, 6) is 2.38. The highest BCUT2D eigenvalue weighted by molar-refractivity contribution is 7.98. The Labute approximate surface area is 99.7 Å². The van der Waals surface area contributed by atoms with Gasteiger partial charge in [0.05, 0.1) is 4.88 Å². The molecule has 1 aliphatic heterocycles. The minimum absolute atomic E-state index is 0.547. The molecule has 0 amide bonds. The van der Waals surface area contributed by atoms with Gasteiger partial charge in [-0.05, 0) is 23.8 Å². The van der Waals surface area contributed by atoms with Crippen LogP contribution in [0, 0.1) is 0 Å².